The number of rotatable bonds is 15. The summed E-state index contributed by atoms with van der Waals surface area (Å²) in [6.07, 6.45) is -9.29. The number of nitrogens with one attached hydrogen (secondary N) is 1. The average molecular weight is 812 g/mol. The Morgan fingerprint density at radius 3 is 2.28 bits per heavy atom. The van der Waals surface area contributed by atoms with Gasteiger partial charge in [-0.25, -0.2) is 23.8 Å². The van der Waals surface area contributed by atoms with E-state index in [0.717, 1.165) is 10.9 Å². The van der Waals surface area contributed by atoms with Crippen LogP contribution < -0.4 is 5.32 Å². The number of hydrogen-bond donors (Lipinski definition) is 7. The molecule has 268 valence electrons. The minimum atomic E-state index is -5.97. The number of phosphoric acid groups is 1. The number of imidazole rings is 1. The van der Waals surface area contributed by atoms with Crippen molar-refractivity contribution in [3.63, 3.8) is 0 Å². The number of fused-ring (bicyclic) bond motifs is 1. The fourth-order valence-electron chi connectivity index (χ4n) is 3.44. The zero-order valence-corrected chi connectivity index (χ0v) is 28.7. The molecule has 0 radical (unpaired) electrons. The second-order valence-electron chi connectivity index (χ2n) is 8.78. The number of aliphatic hydroxyl groups excluding tert-OH is 2. The molecule has 19 nitrogen and oxygen atoms in total. The molecule has 1 fully saturated rings. The predicted molar refractivity (Wildman–Crippen MR) is 160 cm³/mol. The first-order chi connectivity index (χ1) is 20.1. The summed E-state index contributed by atoms with van der Waals surface area (Å²) in [5.41, 5.74) is 0.119. The fraction of sp³-hybridized carbons (Fsp3) is 0.706. The Morgan fingerprint density at radius 2 is 1.72 bits per heavy atom. The van der Waals surface area contributed by atoms with Crippen molar-refractivity contribution in [2.24, 2.45) is 0 Å². The molecule has 11 N–H and O–H groups in total. The van der Waals surface area contributed by atoms with Crippen LogP contribution in [0.5, 0.6) is 0 Å². The number of phosphoric ester groups is 1. The topological polar surface area (TPSA) is 319 Å². The van der Waals surface area contributed by atoms with E-state index < -0.39 is 76.3 Å². The van der Waals surface area contributed by atoms with E-state index in [1.54, 1.807) is 0 Å². The largest absolute Gasteiger partial charge is 0.479 e. The van der Waals surface area contributed by atoms with Gasteiger partial charge in [0.05, 0.1) is 19.4 Å². The summed E-state index contributed by atoms with van der Waals surface area (Å²) in [7, 11) is -17.4. The smallest absolute Gasteiger partial charge is 0.412 e. The number of hydrogen-bond acceptors (Lipinski definition) is 14. The molecule has 3 unspecified atom stereocenters. The summed E-state index contributed by atoms with van der Waals surface area (Å²) in [6.45, 7) is -0.697. The molecule has 6 atom stereocenters. The van der Waals surface area contributed by atoms with Crippen LogP contribution in [0.3, 0.4) is 0 Å². The van der Waals surface area contributed by atoms with Gasteiger partial charge in [0.2, 0.25) is 0 Å². The average Bonchev–Trinajstić information content (AvgIpc) is 3.41. The first-order valence-electron chi connectivity index (χ1n) is 11.7. The highest BCUT2D eigenvalue weighted by Crippen LogP contribution is 2.79. The summed E-state index contributed by atoms with van der Waals surface area (Å²) < 4.78 is 85.1. The molecule has 46 heavy (non-hydrogen) atoms. The van der Waals surface area contributed by atoms with Crippen molar-refractivity contribution >= 4 is 86.7 Å². The minimum Gasteiger partial charge on any atom is -0.412 e. The van der Waals surface area contributed by atoms with E-state index in [2.05, 4.69) is 29.1 Å². The number of ether oxygens (including phenoxy) is 1. The molecule has 3 heterocycles. The zero-order chi connectivity index (χ0) is 33.3. The predicted octanol–water partition coefficient (Wildman–Crippen LogP) is 1.20. The quantitative estimate of drug-likeness (QED) is 0.0437. The van der Waals surface area contributed by atoms with E-state index in [4.69, 9.17) is 37.7 Å². The molecule has 1 aliphatic heterocycles. The van der Waals surface area contributed by atoms with Crippen LogP contribution in [-0.2, 0) is 27.3 Å². The standard InChI is InChI=1S/C17H25Cl2F3N5O12P3S2.2H2O/c1-43-5-3-23-12-9-13(26-15(25-12)44-4-2-16(20,21)22)27(7-24-9)14-11(29)10(28)8(38-14)6-37-42(35,36)39-41(33,34)17(18,19)40(30,31)32;;/h7-8,10-11,14,28-29H,2-6H2,1H3,(H,33,34)(H,35,36)(H,23,25,26)(H2,30,31,32);2*1H2/t8?,10-,11-,14-;;/m1../s1. The number of anilines is 1. The van der Waals surface area contributed by atoms with Crippen LogP contribution >= 0.6 is 69.7 Å². The first kappa shape index (κ1) is 43.7. The summed E-state index contributed by atoms with van der Waals surface area (Å²) >= 11 is 12.6. The second kappa shape index (κ2) is 16.6. The Kier molecular flexibility index (Phi) is 15.8. The Bertz CT molecular complexity index is 1480. The van der Waals surface area contributed by atoms with Crippen LogP contribution in [0.4, 0.5) is 19.0 Å². The van der Waals surface area contributed by atoms with Crippen LogP contribution in [0.25, 0.3) is 11.2 Å². The van der Waals surface area contributed by atoms with Gasteiger partial charge < -0.3 is 50.8 Å². The molecule has 3 rings (SSSR count). The number of thioether (sulfide) groups is 2. The maximum Gasteiger partial charge on any atom is 0.479 e. The Balaban J connectivity index is 0.00000529. The molecule has 0 bridgehead atoms. The fourth-order valence-corrected chi connectivity index (χ4v) is 8.81. The second-order valence-corrected chi connectivity index (χ2v) is 18.9. The van der Waals surface area contributed by atoms with Crippen molar-refractivity contribution in [3.8, 4) is 0 Å². The molecule has 1 saturated heterocycles. The highest BCUT2D eigenvalue weighted by Gasteiger charge is 2.62. The van der Waals surface area contributed by atoms with Crippen LogP contribution in [0.2, 0.25) is 0 Å². The molecule has 0 spiro atoms. The van der Waals surface area contributed by atoms with Crippen molar-refractivity contribution in [2.75, 3.05) is 36.2 Å². The van der Waals surface area contributed by atoms with Crippen molar-refractivity contribution in [2.45, 2.75) is 46.1 Å². The van der Waals surface area contributed by atoms with Crippen molar-refractivity contribution in [1.29, 1.82) is 0 Å². The molecule has 29 heteroatoms. The normalized spacial score (nSPS) is 23.3. The third kappa shape index (κ3) is 10.6. The summed E-state index contributed by atoms with van der Waals surface area (Å²) in [5.74, 6) is 0.407. The third-order valence-electron chi connectivity index (χ3n) is 5.53. The Hall–Kier alpha value is -0.330. The molecular formula is C17H29Cl2F3N5O14P3S2. The lowest BCUT2D eigenvalue weighted by molar-refractivity contribution is -0.129. The highest BCUT2D eigenvalue weighted by molar-refractivity contribution is 7.99. The zero-order valence-electron chi connectivity index (χ0n) is 22.9. The minimum absolute atomic E-state index is 0. The van der Waals surface area contributed by atoms with Crippen LogP contribution in [0, 0.1) is 0 Å². The van der Waals surface area contributed by atoms with E-state index in [9.17, 15) is 46.9 Å². The Morgan fingerprint density at radius 1 is 1.09 bits per heavy atom. The monoisotopic (exact) mass is 811 g/mol. The van der Waals surface area contributed by atoms with Crippen LogP contribution in [0.15, 0.2) is 11.5 Å². The van der Waals surface area contributed by atoms with E-state index in [1.807, 2.05) is 6.26 Å². The van der Waals surface area contributed by atoms with Gasteiger partial charge in [0, 0.05) is 18.1 Å². The third-order valence-corrected chi connectivity index (χ3v) is 14.7. The van der Waals surface area contributed by atoms with Crippen molar-refractivity contribution < 1.29 is 81.2 Å². The molecule has 0 amide bonds. The van der Waals surface area contributed by atoms with Gasteiger partial charge in [-0.05, 0) is 6.26 Å². The molecule has 0 saturated carbocycles. The number of halogens is 5. The van der Waals surface area contributed by atoms with E-state index >= 15 is 0 Å². The SMILES string of the molecule is CSCCNc1nc(SCCC(F)(F)F)nc2c1ncn2[C@@H]1OC(COP(=O)(O)OP(=O)(O)C(Cl)(Cl)P(=O)(O)O)[C@@H](O)[C@H]1O.O.O. The molecule has 0 aromatic carbocycles. The number of alkyl halides is 5. The molecule has 0 aliphatic carbocycles. The summed E-state index contributed by atoms with van der Waals surface area (Å²) in [5, 5.41) is 24.1. The van der Waals surface area contributed by atoms with Gasteiger partial charge in [-0.1, -0.05) is 35.0 Å². The van der Waals surface area contributed by atoms with E-state index in [1.165, 1.54) is 11.8 Å². The molecular weight excluding hydrogens is 783 g/mol. The maximum atomic E-state index is 12.7. The van der Waals surface area contributed by atoms with Gasteiger partial charge in [-0.3, -0.25) is 18.2 Å². The van der Waals surface area contributed by atoms with Crippen LogP contribution in [0.1, 0.15) is 12.6 Å². The molecule has 1 aliphatic rings. The van der Waals surface area contributed by atoms with Gasteiger partial charge in [-0.15, -0.1) is 0 Å². The van der Waals surface area contributed by atoms with Gasteiger partial charge in [0.25, 0.3) is 0 Å². The summed E-state index contributed by atoms with van der Waals surface area (Å²) in [4.78, 5) is 50.4. The van der Waals surface area contributed by atoms with Crippen LogP contribution in [-0.4, -0.2) is 119 Å². The lowest BCUT2D eigenvalue weighted by atomic mass is 10.1. The van der Waals surface area contributed by atoms with Crippen molar-refractivity contribution in [1.82, 2.24) is 19.5 Å². The number of aliphatic hydroxyl groups is 2. The van der Waals surface area contributed by atoms with Gasteiger partial charge in [0.1, 0.15) is 18.3 Å². The van der Waals surface area contributed by atoms with Gasteiger partial charge in [-0.2, -0.15) is 24.9 Å². The van der Waals surface area contributed by atoms with E-state index in [-0.39, 0.29) is 33.1 Å². The molecule has 2 aromatic heterocycles. The lowest BCUT2D eigenvalue weighted by Crippen LogP contribution is -2.33. The molecule has 2 aromatic rings. The van der Waals surface area contributed by atoms with Gasteiger partial charge in [0.15, 0.2) is 28.4 Å². The van der Waals surface area contributed by atoms with E-state index in [0.29, 0.717) is 24.1 Å². The maximum absolute atomic E-state index is 12.7. The number of nitrogens with zero attached hydrogens (tertiary/aromatic N) is 4. The Labute approximate surface area is 275 Å². The lowest BCUT2D eigenvalue weighted by Gasteiger charge is -2.26. The summed E-state index contributed by atoms with van der Waals surface area (Å²) in [6, 6.07) is 0. The first-order valence-corrected chi connectivity index (χ1v) is 19.6. The number of aromatic nitrogens is 4. The highest BCUT2D eigenvalue weighted by atomic mass is 35.5. The van der Waals surface area contributed by atoms with Crippen molar-refractivity contribution in [3.05, 3.63) is 6.33 Å². The van der Waals surface area contributed by atoms with Gasteiger partial charge >= 0.3 is 33.0 Å².